The summed E-state index contributed by atoms with van der Waals surface area (Å²) >= 11 is 0. The molecule has 0 spiro atoms. The predicted molar refractivity (Wildman–Crippen MR) is 85.2 cm³/mol. The number of amides is 3. The number of carbonyl (C=O) groups excluding carboxylic acids is 2. The van der Waals surface area contributed by atoms with E-state index in [9.17, 15) is 14.4 Å². The van der Waals surface area contributed by atoms with Gasteiger partial charge in [-0.25, -0.2) is 4.79 Å². The molecular formula is C16H21N3O4. The first-order chi connectivity index (χ1) is 11.0. The highest BCUT2D eigenvalue weighted by atomic mass is 16.4. The molecule has 1 aromatic rings. The highest BCUT2D eigenvalue weighted by molar-refractivity contribution is 5.95. The lowest BCUT2D eigenvalue weighted by Gasteiger charge is -2.21. The van der Waals surface area contributed by atoms with Crippen LogP contribution in [0.15, 0.2) is 30.3 Å². The zero-order valence-corrected chi connectivity index (χ0v) is 13.1. The minimum absolute atomic E-state index is 0.0166. The molecule has 1 heterocycles. The SMILES string of the molecule is CN(C(=O)C1CCN(C(=O)NCCC(=O)O)C1)c1ccccc1. The van der Waals surface area contributed by atoms with E-state index in [1.807, 2.05) is 30.3 Å². The molecule has 7 nitrogen and oxygen atoms in total. The van der Waals surface area contributed by atoms with Gasteiger partial charge in [0.05, 0.1) is 12.3 Å². The number of likely N-dealkylation sites (tertiary alicyclic amines) is 1. The van der Waals surface area contributed by atoms with Gasteiger partial charge in [-0.05, 0) is 18.6 Å². The fourth-order valence-electron chi connectivity index (χ4n) is 2.59. The molecule has 0 saturated carbocycles. The summed E-state index contributed by atoms with van der Waals surface area (Å²) in [5, 5.41) is 11.1. The Balaban J connectivity index is 1.85. The molecule has 7 heteroatoms. The van der Waals surface area contributed by atoms with Crippen LogP contribution >= 0.6 is 0 Å². The van der Waals surface area contributed by atoms with Gasteiger partial charge in [0.15, 0.2) is 0 Å². The first kappa shape index (κ1) is 16.8. The van der Waals surface area contributed by atoms with Gasteiger partial charge in [-0.1, -0.05) is 18.2 Å². The quantitative estimate of drug-likeness (QED) is 0.852. The molecule has 1 fully saturated rings. The molecular weight excluding hydrogens is 298 g/mol. The molecule has 1 aromatic carbocycles. The number of benzene rings is 1. The molecule has 1 saturated heterocycles. The highest BCUT2D eigenvalue weighted by Gasteiger charge is 2.32. The zero-order valence-electron chi connectivity index (χ0n) is 13.1. The number of aliphatic carboxylic acids is 1. The van der Waals surface area contributed by atoms with Crippen LogP contribution in [0.2, 0.25) is 0 Å². The van der Waals surface area contributed by atoms with E-state index in [2.05, 4.69) is 5.32 Å². The molecule has 0 aromatic heterocycles. The van der Waals surface area contributed by atoms with Gasteiger partial charge in [-0.2, -0.15) is 0 Å². The molecule has 0 bridgehead atoms. The Morgan fingerprint density at radius 2 is 2.00 bits per heavy atom. The lowest BCUT2D eigenvalue weighted by Crippen LogP contribution is -2.41. The van der Waals surface area contributed by atoms with E-state index in [-0.39, 0.29) is 30.8 Å². The number of para-hydroxylation sites is 1. The van der Waals surface area contributed by atoms with Gasteiger partial charge in [0.1, 0.15) is 0 Å². The van der Waals surface area contributed by atoms with Gasteiger partial charge < -0.3 is 20.2 Å². The molecule has 2 N–H and O–H groups in total. The van der Waals surface area contributed by atoms with Gasteiger partial charge in [-0.3, -0.25) is 9.59 Å². The van der Waals surface area contributed by atoms with Gasteiger partial charge in [0.25, 0.3) is 0 Å². The van der Waals surface area contributed by atoms with Crippen molar-refractivity contribution in [2.75, 3.05) is 31.6 Å². The molecule has 1 aliphatic heterocycles. The number of urea groups is 1. The van der Waals surface area contributed by atoms with Crippen LogP contribution in [0.4, 0.5) is 10.5 Å². The Hall–Kier alpha value is -2.57. The summed E-state index contributed by atoms with van der Waals surface area (Å²) in [5.74, 6) is -1.20. The van der Waals surface area contributed by atoms with E-state index in [1.165, 1.54) is 0 Å². The molecule has 2 rings (SSSR count). The minimum atomic E-state index is -0.954. The van der Waals surface area contributed by atoms with E-state index in [0.717, 1.165) is 5.69 Å². The molecule has 1 unspecified atom stereocenters. The topological polar surface area (TPSA) is 90.0 Å². The van der Waals surface area contributed by atoms with Crippen LogP contribution in [0, 0.1) is 5.92 Å². The fourth-order valence-corrected chi connectivity index (χ4v) is 2.59. The maximum atomic E-state index is 12.5. The zero-order chi connectivity index (χ0) is 16.8. The first-order valence-electron chi connectivity index (χ1n) is 7.56. The van der Waals surface area contributed by atoms with Crippen molar-refractivity contribution >= 4 is 23.6 Å². The third-order valence-corrected chi connectivity index (χ3v) is 3.91. The maximum absolute atomic E-state index is 12.5. The summed E-state index contributed by atoms with van der Waals surface area (Å²) in [4.78, 5) is 38.0. The average molecular weight is 319 g/mol. The lowest BCUT2D eigenvalue weighted by atomic mass is 10.1. The molecule has 0 aliphatic carbocycles. The number of carboxylic acid groups (broad SMARTS) is 1. The average Bonchev–Trinajstić information content (AvgIpc) is 3.04. The number of carbonyl (C=O) groups is 3. The van der Waals surface area contributed by atoms with E-state index < -0.39 is 5.97 Å². The van der Waals surface area contributed by atoms with Crippen LogP contribution in [0.5, 0.6) is 0 Å². The van der Waals surface area contributed by atoms with Gasteiger partial charge in [0, 0.05) is 32.4 Å². The Kier molecular flexibility index (Phi) is 5.56. The Morgan fingerprint density at radius 1 is 1.30 bits per heavy atom. The van der Waals surface area contributed by atoms with Crippen molar-refractivity contribution in [3.05, 3.63) is 30.3 Å². The number of anilines is 1. The monoisotopic (exact) mass is 319 g/mol. The fraction of sp³-hybridized carbons (Fsp3) is 0.438. The largest absolute Gasteiger partial charge is 0.481 e. The smallest absolute Gasteiger partial charge is 0.317 e. The second-order valence-corrected chi connectivity index (χ2v) is 5.54. The van der Waals surface area contributed by atoms with Crippen molar-refractivity contribution < 1.29 is 19.5 Å². The number of rotatable bonds is 5. The molecule has 1 aliphatic rings. The van der Waals surface area contributed by atoms with Crippen LogP contribution in [0.1, 0.15) is 12.8 Å². The van der Waals surface area contributed by atoms with Crippen molar-refractivity contribution in [2.45, 2.75) is 12.8 Å². The summed E-state index contributed by atoms with van der Waals surface area (Å²) in [6, 6.07) is 9.04. The number of hydrogen-bond donors (Lipinski definition) is 2. The van der Waals surface area contributed by atoms with E-state index in [0.29, 0.717) is 19.5 Å². The summed E-state index contributed by atoms with van der Waals surface area (Å²) in [5.41, 5.74) is 0.821. The van der Waals surface area contributed by atoms with Crippen molar-refractivity contribution in [1.29, 1.82) is 0 Å². The summed E-state index contributed by atoms with van der Waals surface area (Å²) in [6.07, 6.45) is 0.501. The predicted octanol–water partition coefficient (Wildman–Crippen LogP) is 1.16. The van der Waals surface area contributed by atoms with Crippen molar-refractivity contribution in [2.24, 2.45) is 5.92 Å². The second kappa shape index (κ2) is 7.62. The van der Waals surface area contributed by atoms with Crippen LogP contribution in [0.3, 0.4) is 0 Å². The van der Waals surface area contributed by atoms with Crippen LogP contribution in [-0.4, -0.2) is 54.6 Å². The molecule has 0 radical (unpaired) electrons. The maximum Gasteiger partial charge on any atom is 0.317 e. The number of hydrogen-bond acceptors (Lipinski definition) is 3. The first-order valence-corrected chi connectivity index (χ1v) is 7.56. The highest BCUT2D eigenvalue weighted by Crippen LogP contribution is 2.21. The van der Waals surface area contributed by atoms with Crippen LogP contribution in [0.25, 0.3) is 0 Å². The van der Waals surface area contributed by atoms with Crippen molar-refractivity contribution in [3.8, 4) is 0 Å². The normalized spacial score (nSPS) is 16.9. The molecule has 124 valence electrons. The second-order valence-electron chi connectivity index (χ2n) is 5.54. The Labute approximate surface area is 134 Å². The summed E-state index contributed by atoms with van der Waals surface area (Å²) < 4.78 is 0. The Morgan fingerprint density at radius 3 is 2.65 bits per heavy atom. The van der Waals surface area contributed by atoms with E-state index >= 15 is 0 Å². The molecule has 1 atom stereocenters. The van der Waals surface area contributed by atoms with Gasteiger partial charge in [-0.15, -0.1) is 0 Å². The lowest BCUT2D eigenvalue weighted by molar-refractivity contribution is -0.136. The number of nitrogens with zero attached hydrogens (tertiary/aromatic N) is 2. The number of nitrogens with one attached hydrogen (secondary N) is 1. The molecule has 23 heavy (non-hydrogen) atoms. The van der Waals surface area contributed by atoms with Crippen LogP contribution < -0.4 is 10.2 Å². The summed E-state index contributed by atoms with van der Waals surface area (Å²) in [6.45, 7) is 0.944. The van der Waals surface area contributed by atoms with Crippen molar-refractivity contribution in [1.82, 2.24) is 10.2 Å². The third kappa shape index (κ3) is 4.45. The minimum Gasteiger partial charge on any atom is -0.481 e. The van der Waals surface area contributed by atoms with E-state index in [4.69, 9.17) is 5.11 Å². The van der Waals surface area contributed by atoms with Crippen molar-refractivity contribution in [3.63, 3.8) is 0 Å². The summed E-state index contributed by atoms with van der Waals surface area (Å²) in [7, 11) is 1.73. The van der Waals surface area contributed by atoms with E-state index in [1.54, 1.807) is 16.8 Å². The van der Waals surface area contributed by atoms with Crippen LogP contribution in [-0.2, 0) is 9.59 Å². The number of carboxylic acids is 1. The van der Waals surface area contributed by atoms with Gasteiger partial charge in [0.2, 0.25) is 5.91 Å². The van der Waals surface area contributed by atoms with Gasteiger partial charge >= 0.3 is 12.0 Å². The molecule has 3 amide bonds. The third-order valence-electron chi connectivity index (χ3n) is 3.91. The Bertz CT molecular complexity index is 576. The standard InChI is InChI=1S/C16H21N3O4/c1-18(13-5-3-2-4-6-13)15(22)12-8-10-19(11-12)16(23)17-9-7-14(20)21/h2-6,12H,7-11H2,1H3,(H,17,23)(H,20,21).